The van der Waals surface area contributed by atoms with E-state index in [1.165, 1.54) is 0 Å². The molecule has 2 N–H and O–H groups in total. The molecule has 0 unspecified atom stereocenters. The Morgan fingerprint density at radius 1 is 1.22 bits per heavy atom. The highest BCUT2D eigenvalue weighted by atomic mass is 35.5. The molecule has 2 rings (SSSR count). The van der Waals surface area contributed by atoms with Crippen LogP contribution in [0.1, 0.15) is 11.1 Å². The van der Waals surface area contributed by atoms with Crippen molar-refractivity contribution in [1.82, 2.24) is 0 Å². The van der Waals surface area contributed by atoms with Crippen molar-refractivity contribution in [3.05, 3.63) is 52.5 Å². The predicted octanol–water partition coefficient (Wildman–Crippen LogP) is 3.89. The quantitative estimate of drug-likeness (QED) is 0.831. The van der Waals surface area contributed by atoms with Gasteiger partial charge in [-0.2, -0.15) is 5.26 Å². The molecule has 2 aromatic carbocycles. The number of aryl methyl sites for hydroxylation is 1. The van der Waals surface area contributed by atoms with Crippen LogP contribution >= 0.6 is 11.6 Å². The fourth-order valence-electron chi connectivity index (χ4n) is 1.56. The smallest absolute Gasteiger partial charge is 0.130 e. The van der Waals surface area contributed by atoms with Gasteiger partial charge in [0.2, 0.25) is 0 Å². The SMILES string of the molecule is Cc1cc(N)ccc1Oc1ccc(C#N)c(Cl)c1. The maximum absolute atomic E-state index is 8.78. The molecule has 3 nitrogen and oxygen atoms in total. The Morgan fingerprint density at radius 2 is 2.00 bits per heavy atom. The minimum atomic E-state index is 0.378. The first-order valence-electron chi connectivity index (χ1n) is 5.34. The summed E-state index contributed by atoms with van der Waals surface area (Å²) in [5.74, 6) is 1.30. The van der Waals surface area contributed by atoms with Crippen molar-refractivity contribution in [1.29, 1.82) is 5.26 Å². The third-order valence-corrected chi connectivity index (χ3v) is 2.80. The van der Waals surface area contributed by atoms with Gasteiger partial charge >= 0.3 is 0 Å². The predicted molar refractivity (Wildman–Crippen MR) is 71.8 cm³/mol. The topological polar surface area (TPSA) is 59.0 Å². The third-order valence-electron chi connectivity index (χ3n) is 2.49. The van der Waals surface area contributed by atoms with E-state index >= 15 is 0 Å². The molecule has 0 amide bonds. The number of nitrogen functional groups attached to an aromatic ring is 1. The fraction of sp³-hybridized carbons (Fsp3) is 0.0714. The van der Waals surface area contributed by atoms with Crippen LogP contribution in [-0.4, -0.2) is 0 Å². The third kappa shape index (κ3) is 2.55. The lowest BCUT2D eigenvalue weighted by atomic mass is 10.2. The first-order valence-corrected chi connectivity index (χ1v) is 5.71. The van der Waals surface area contributed by atoms with Gasteiger partial charge in [-0.25, -0.2) is 0 Å². The highest BCUT2D eigenvalue weighted by Gasteiger charge is 2.05. The lowest BCUT2D eigenvalue weighted by Crippen LogP contribution is -1.91. The zero-order chi connectivity index (χ0) is 13.1. The summed E-state index contributed by atoms with van der Waals surface area (Å²) in [5, 5.41) is 9.16. The first-order chi connectivity index (χ1) is 8.60. The molecule has 4 heteroatoms. The Labute approximate surface area is 110 Å². The summed E-state index contributed by atoms with van der Waals surface area (Å²) in [6, 6.07) is 12.4. The number of hydrogen-bond donors (Lipinski definition) is 1. The first kappa shape index (κ1) is 12.3. The number of ether oxygens (including phenoxy) is 1. The van der Waals surface area contributed by atoms with Crippen molar-refractivity contribution >= 4 is 17.3 Å². The van der Waals surface area contributed by atoms with E-state index in [1.807, 2.05) is 19.1 Å². The minimum Gasteiger partial charge on any atom is -0.457 e. The largest absolute Gasteiger partial charge is 0.457 e. The van der Waals surface area contributed by atoms with E-state index in [-0.39, 0.29) is 0 Å². The second-order valence-corrected chi connectivity index (χ2v) is 4.29. The van der Waals surface area contributed by atoms with Crippen molar-refractivity contribution in [2.75, 3.05) is 5.73 Å². The second kappa shape index (κ2) is 4.99. The second-order valence-electron chi connectivity index (χ2n) is 3.88. The van der Waals surface area contributed by atoms with Crippen molar-refractivity contribution in [3.63, 3.8) is 0 Å². The molecular weight excluding hydrogens is 248 g/mol. The Balaban J connectivity index is 2.29. The van der Waals surface area contributed by atoms with Crippen LogP contribution < -0.4 is 10.5 Å². The highest BCUT2D eigenvalue weighted by molar-refractivity contribution is 6.31. The van der Waals surface area contributed by atoms with E-state index in [0.29, 0.717) is 27.8 Å². The van der Waals surface area contributed by atoms with Crippen molar-refractivity contribution in [2.45, 2.75) is 6.92 Å². The zero-order valence-corrected chi connectivity index (χ0v) is 10.5. The summed E-state index contributed by atoms with van der Waals surface area (Å²) in [6.45, 7) is 1.91. The summed E-state index contributed by atoms with van der Waals surface area (Å²) in [6.07, 6.45) is 0. The fourth-order valence-corrected chi connectivity index (χ4v) is 1.78. The van der Waals surface area contributed by atoms with Crippen LogP contribution in [0.4, 0.5) is 5.69 Å². The molecule has 0 saturated heterocycles. The lowest BCUT2D eigenvalue weighted by Gasteiger charge is -2.09. The maximum atomic E-state index is 8.78. The van der Waals surface area contributed by atoms with Crippen LogP contribution in [0.5, 0.6) is 11.5 Å². The molecule has 0 aliphatic heterocycles. The van der Waals surface area contributed by atoms with Gasteiger partial charge in [0.1, 0.15) is 17.6 Å². The number of rotatable bonds is 2. The molecule has 0 aromatic heterocycles. The summed E-state index contributed by atoms with van der Waals surface area (Å²) in [4.78, 5) is 0. The van der Waals surface area contributed by atoms with E-state index in [1.54, 1.807) is 30.3 Å². The van der Waals surface area contributed by atoms with Gasteiger partial charge in [-0.3, -0.25) is 0 Å². The molecule has 0 fully saturated rings. The molecule has 0 radical (unpaired) electrons. The van der Waals surface area contributed by atoms with E-state index in [9.17, 15) is 0 Å². The maximum Gasteiger partial charge on any atom is 0.130 e. The van der Waals surface area contributed by atoms with E-state index < -0.39 is 0 Å². The average molecular weight is 259 g/mol. The Morgan fingerprint density at radius 3 is 2.61 bits per heavy atom. The number of halogens is 1. The van der Waals surface area contributed by atoms with Crippen molar-refractivity contribution in [2.24, 2.45) is 0 Å². The van der Waals surface area contributed by atoms with Gasteiger partial charge in [0.05, 0.1) is 10.6 Å². The zero-order valence-electron chi connectivity index (χ0n) is 9.77. The molecule has 0 aliphatic rings. The lowest BCUT2D eigenvalue weighted by molar-refractivity contribution is 0.479. The molecule has 0 spiro atoms. The van der Waals surface area contributed by atoms with Crippen LogP contribution in [0.25, 0.3) is 0 Å². The molecule has 0 heterocycles. The summed E-state index contributed by atoms with van der Waals surface area (Å²) < 4.78 is 5.70. The van der Waals surface area contributed by atoms with Crippen LogP contribution in [0.3, 0.4) is 0 Å². The van der Waals surface area contributed by atoms with E-state index in [4.69, 9.17) is 27.3 Å². The summed E-state index contributed by atoms with van der Waals surface area (Å²) in [5.41, 5.74) is 7.73. The average Bonchev–Trinajstić information content (AvgIpc) is 2.33. The van der Waals surface area contributed by atoms with Gasteiger partial charge in [0.25, 0.3) is 0 Å². The number of nitrogens with two attached hydrogens (primary N) is 1. The summed E-state index contributed by atoms with van der Waals surface area (Å²) >= 11 is 5.94. The summed E-state index contributed by atoms with van der Waals surface area (Å²) in [7, 11) is 0. The van der Waals surface area contributed by atoms with Gasteiger partial charge in [-0.15, -0.1) is 0 Å². The minimum absolute atomic E-state index is 0.378. The van der Waals surface area contributed by atoms with Crippen LogP contribution in [0, 0.1) is 18.3 Å². The number of nitriles is 1. The molecule has 0 atom stereocenters. The Kier molecular flexibility index (Phi) is 3.40. The molecule has 0 aliphatic carbocycles. The van der Waals surface area contributed by atoms with Gasteiger partial charge < -0.3 is 10.5 Å². The molecular formula is C14H11ClN2O. The van der Waals surface area contributed by atoms with Crippen LogP contribution in [0.2, 0.25) is 5.02 Å². The molecule has 18 heavy (non-hydrogen) atoms. The van der Waals surface area contributed by atoms with Crippen molar-refractivity contribution < 1.29 is 4.74 Å². The van der Waals surface area contributed by atoms with Crippen LogP contribution in [-0.2, 0) is 0 Å². The Hall–Kier alpha value is -2.18. The van der Waals surface area contributed by atoms with Gasteiger partial charge in [-0.05, 0) is 42.8 Å². The number of hydrogen-bond acceptors (Lipinski definition) is 3. The number of nitrogens with zero attached hydrogens (tertiary/aromatic N) is 1. The van der Waals surface area contributed by atoms with Gasteiger partial charge in [0.15, 0.2) is 0 Å². The Bertz CT molecular complexity index is 632. The molecule has 0 saturated carbocycles. The van der Waals surface area contributed by atoms with E-state index in [0.717, 1.165) is 5.56 Å². The normalized spacial score (nSPS) is 9.83. The van der Waals surface area contributed by atoms with Crippen LogP contribution in [0.15, 0.2) is 36.4 Å². The standard InChI is InChI=1S/C14H11ClN2O/c1-9-6-11(17)3-5-14(9)18-12-4-2-10(8-16)13(15)7-12/h2-7H,17H2,1H3. The molecule has 90 valence electrons. The van der Waals surface area contributed by atoms with Crippen molar-refractivity contribution in [3.8, 4) is 17.6 Å². The monoisotopic (exact) mass is 258 g/mol. The van der Waals surface area contributed by atoms with Gasteiger partial charge in [0, 0.05) is 11.8 Å². The van der Waals surface area contributed by atoms with E-state index in [2.05, 4.69) is 0 Å². The molecule has 2 aromatic rings. The van der Waals surface area contributed by atoms with Gasteiger partial charge in [-0.1, -0.05) is 11.6 Å². The highest BCUT2D eigenvalue weighted by Crippen LogP contribution is 2.29. The number of anilines is 1. The number of benzene rings is 2. The molecule has 0 bridgehead atoms.